The molecule has 1 rings (SSSR count). The van der Waals surface area contributed by atoms with E-state index in [1.165, 1.54) is 0 Å². The van der Waals surface area contributed by atoms with Crippen LogP contribution in [-0.4, -0.2) is 30.5 Å². The lowest BCUT2D eigenvalue weighted by atomic mass is 10.4. The van der Waals surface area contributed by atoms with Crippen molar-refractivity contribution in [3.63, 3.8) is 0 Å². The summed E-state index contributed by atoms with van der Waals surface area (Å²) in [5.41, 5.74) is 5.12. The molecule has 0 spiro atoms. The zero-order chi connectivity index (χ0) is 12.2. The van der Waals surface area contributed by atoms with Crippen molar-refractivity contribution in [2.24, 2.45) is 5.73 Å². The van der Waals surface area contributed by atoms with Gasteiger partial charge in [-0.25, -0.2) is 4.98 Å². The molecule has 1 aromatic rings. The predicted octanol–water partition coefficient (Wildman–Crippen LogP) is 1.32. The first-order valence-corrected chi connectivity index (χ1v) is 5.11. The highest BCUT2D eigenvalue weighted by Crippen LogP contribution is 2.32. The van der Waals surface area contributed by atoms with E-state index >= 15 is 0 Å². The number of ketones is 1. The summed E-state index contributed by atoms with van der Waals surface area (Å²) >= 11 is 0.309. The number of nitrogens with two attached hydrogens (primary N) is 1. The Kier molecular flexibility index (Phi) is 4.39. The second kappa shape index (κ2) is 5.37. The van der Waals surface area contributed by atoms with Crippen LogP contribution in [-0.2, 0) is 10.9 Å². The minimum Gasteiger partial charge on any atom is -0.372 e. The van der Waals surface area contributed by atoms with E-state index in [-0.39, 0.29) is 24.6 Å². The van der Waals surface area contributed by atoms with Crippen LogP contribution < -0.4 is 5.73 Å². The summed E-state index contributed by atoms with van der Waals surface area (Å²) in [6.07, 6.45) is -3.61. The van der Waals surface area contributed by atoms with E-state index < -0.39 is 17.0 Å². The number of hydrogen-bond donors (Lipinski definition) is 1. The zero-order valence-electron chi connectivity index (χ0n) is 8.08. The Morgan fingerprint density at radius 3 is 2.75 bits per heavy atom. The molecule has 90 valence electrons. The van der Waals surface area contributed by atoms with Crippen molar-refractivity contribution in [2.45, 2.75) is 6.18 Å². The number of halogens is 3. The lowest BCUT2D eigenvalue weighted by Gasteiger charge is -2.00. The molecule has 16 heavy (non-hydrogen) atoms. The summed E-state index contributed by atoms with van der Waals surface area (Å²) < 4.78 is 41.3. The Hall–Kier alpha value is -0.990. The number of Topliss-reactive ketones (excluding diaryl/α,β-unsaturated/α-hetero) is 1. The Morgan fingerprint density at radius 2 is 2.25 bits per heavy atom. The van der Waals surface area contributed by atoms with E-state index in [9.17, 15) is 18.0 Å². The van der Waals surface area contributed by atoms with Gasteiger partial charge in [-0.15, -0.1) is 11.3 Å². The quantitative estimate of drug-likeness (QED) is 0.635. The van der Waals surface area contributed by atoms with Crippen LogP contribution in [0.3, 0.4) is 0 Å². The molecule has 0 bridgehead atoms. The molecule has 0 aromatic carbocycles. The van der Waals surface area contributed by atoms with E-state index in [0.29, 0.717) is 11.3 Å². The summed E-state index contributed by atoms with van der Waals surface area (Å²) in [4.78, 5) is 14.4. The molecule has 0 atom stereocenters. The van der Waals surface area contributed by atoms with E-state index in [1.54, 1.807) is 0 Å². The highest BCUT2D eigenvalue weighted by molar-refractivity contribution is 7.13. The molecule has 0 saturated heterocycles. The zero-order valence-corrected chi connectivity index (χ0v) is 8.90. The molecule has 0 aliphatic carbocycles. The maximum absolute atomic E-state index is 12.2. The van der Waals surface area contributed by atoms with Crippen LogP contribution in [0.4, 0.5) is 13.2 Å². The fourth-order valence-corrected chi connectivity index (χ4v) is 1.56. The first-order chi connectivity index (χ1) is 7.45. The molecule has 0 aliphatic heterocycles. The highest BCUT2D eigenvalue weighted by atomic mass is 32.1. The Balaban J connectivity index is 2.60. The van der Waals surface area contributed by atoms with Crippen molar-refractivity contribution in [3.8, 4) is 0 Å². The van der Waals surface area contributed by atoms with E-state index in [4.69, 9.17) is 10.5 Å². The van der Waals surface area contributed by atoms with Crippen LogP contribution in [0.1, 0.15) is 14.7 Å². The third kappa shape index (κ3) is 3.54. The van der Waals surface area contributed by atoms with Crippen LogP contribution in [0.25, 0.3) is 0 Å². The molecule has 0 saturated carbocycles. The Morgan fingerprint density at radius 1 is 1.56 bits per heavy atom. The topological polar surface area (TPSA) is 65.2 Å². The molecule has 0 radical (unpaired) electrons. The normalized spacial score (nSPS) is 11.8. The van der Waals surface area contributed by atoms with Gasteiger partial charge in [-0.3, -0.25) is 4.79 Å². The predicted molar refractivity (Wildman–Crippen MR) is 51.3 cm³/mol. The van der Waals surface area contributed by atoms with Gasteiger partial charge in [0.2, 0.25) is 0 Å². The average Bonchev–Trinajstić information content (AvgIpc) is 2.66. The van der Waals surface area contributed by atoms with Crippen molar-refractivity contribution in [3.05, 3.63) is 16.1 Å². The fraction of sp³-hybridized carbons (Fsp3) is 0.500. The fourth-order valence-electron chi connectivity index (χ4n) is 0.853. The molecule has 0 amide bonds. The smallest absolute Gasteiger partial charge is 0.372 e. The summed E-state index contributed by atoms with van der Waals surface area (Å²) in [7, 11) is 0. The van der Waals surface area contributed by atoms with Crippen LogP contribution in [0.5, 0.6) is 0 Å². The van der Waals surface area contributed by atoms with Crippen molar-refractivity contribution < 1.29 is 22.7 Å². The molecule has 2 N–H and O–H groups in total. The molecular formula is C8H9F3N2O2S. The summed E-state index contributed by atoms with van der Waals surface area (Å²) in [5, 5.41) is -1.03. The van der Waals surface area contributed by atoms with Gasteiger partial charge >= 0.3 is 6.18 Å². The number of alkyl halides is 3. The maximum atomic E-state index is 12.2. The molecular weight excluding hydrogens is 245 g/mol. The molecule has 1 aromatic heterocycles. The van der Waals surface area contributed by atoms with Gasteiger partial charge in [0.15, 0.2) is 10.8 Å². The second-order valence-electron chi connectivity index (χ2n) is 2.79. The van der Waals surface area contributed by atoms with Gasteiger partial charge in [-0.1, -0.05) is 0 Å². The van der Waals surface area contributed by atoms with Crippen molar-refractivity contribution in [2.75, 3.05) is 19.8 Å². The number of carbonyl (C=O) groups excluding carboxylic acids is 1. The monoisotopic (exact) mass is 254 g/mol. The number of rotatable bonds is 5. The summed E-state index contributed by atoms with van der Waals surface area (Å²) in [6.45, 7) is 0.164. The number of nitrogens with zero attached hydrogens (tertiary/aromatic N) is 1. The lowest BCUT2D eigenvalue weighted by molar-refractivity contribution is -0.137. The standard InChI is InChI=1S/C8H9F3N2O2S/c9-8(10,11)7-13-3-6(16-7)5(14)4-15-2-1-12/h3H,1-2,4,12H2. The van der Waals surface area contributed by atoms with Gasteiger partial charge in [0, 0.05) is 12.7 Å². The number of carbonyl (C=O) groups is 1. The van der Waals surface area contributed by atoms with Crippen molar-refractivity contribution >= 4 is 17.1 Å². The third-order valence-corrected chi connectivity index (χ3v) is 2.60. The van der Waals surface area contributed by atoms with Crippen molar-refractivity contribution in [1.29, 1.82) is 0 Å². The molecule has 4 nitrogen and oxygen atoms in total. The summed E-state index contributed by atoms with van der Waals surface area (Å²) in [5.74, 6) is -0.526. The molecule has 1 heterocycles. The van der Waals surface area contributed by atoms with Crippen LogP contribution in [0.2, 0.25) is 0 Å². The van der Waals surface area contributed by atoms with E-state index in [1.807, 2.05) is 0 Å². The lowest BCUT2D eigenvalue weighted by Crippen LogP contribution is -2.13. The minimum atomic E-state index is -4.51. The molecule has 8 heteroatoms. The van der Waals surface area contributed by atoms with Crippen molar-refractivity contribution in [1.82, 2.24) is 4.98 Å². The van der Waals surface area contributed by atoms with E-state index in [2.05, 4.69) is 4.98 Å². The first kappa shape index (κ1) is 13.1. The van der Waals surface area contributed by atoms with E-state index in [0.717, 1.165) is 6.20 Å². The van der Waals surface area contributed by atoms with Gasteiger partial charge in [-0.2, -0.15) is 13.2 Å². The molecule has 0 aliphatic rings. The van der Waals surface area contributed by atoms with Crippen LogP contribution >= 0.6 is 11.3 Å². The second-order valence-corrected chi connectivity index (χ2v) is 3.82. The van der Waals surface area contributed by atoms with Gasteiger partial charge in [0.05, 0.1) is 11.5 Å². The van der Waals surface area contributed by atoms with Gasteiger partial charge in [0.25, 0.3) is 0 Å². The van der Waals surface area contributed by atoms with Gasteiger partial charge in [-0.05, 0) is 0 Å². The highest BCUT2D eigenvalue weighted by Gasteiger charge is 2.35. The van der Waals surface area contributed by atoms with Gasteiger partial charge < -0.3 is 10.5 Å². The number of ether oxygens (including phenoxy) is 1. The third-order valence-electron chi connectivity index (χ3n) is 1.52. The SMILES string of the molecule is NCCOCC(=O)c1cnc(C(F)(F)F)s1. The largest absolute Gasteiger partial charge is 0.443 e. The average molecular weight is 254 g/mol. The Bertz CT molecular complexity index is 364. The molecule has 0 unspecified atom stereocenters. The number of hydrogen-bond acceptors (Lipinski definition) is 5. The summed E-state index contributed by atoms with van der Waals surface area (Å²) in [6, 6.07) is 0. The Labute approximate surface area is 93.2 Å². The molecule has 0 fully saturated rings. The van der Waals surface area contributed by atoms with Gasteiger partial charge in [0.1, 0.15) is 6.61 Å². The minimum absolute atomic E-state index is 0.0654. The maximum Gasteiger partial charge on any atom is 0.443 e. The first-order valence-electron chi connectivity index (χ1n) is 4.29. The van der Waals surface area contributed by atoms with Crippen LogP contribution in [0, 0.1) is 0 Å². The van der Waals surface area contributed by atoms with Crippen LogP contribution in [0.15, 0.2) is 6.20 Å². The number of thiazole rings is 1. The number of aromatic nitrogens is 1.